The third-order valence-corrected chi connectivity index (χ3v) is 2.98. The largest absolute Gasteiger partial charge is 0.495 e. The number of nitrogens with one attached hydrogen (secondary N) is 1. The minimum absolute atomic E-state index is 0.0740. The lowest BCUT2D eigenvalue weighted by Gasteiger charge is -2.16. The number of hydrogen-bond acceptors (Lipinski definition) is 4. The van der Waals surface area contributed by atoms with Crippen LogP contribution >= 0.6 is 11.6 Å². The molecular formula is C14H17ClN2O2. The van der Waals surface area contributed by atoms with Crippen molar-refractivity contribution in [2.75, 3.05) is 13.7 Å². The third kappa shape index (κ3) is 3.49. The van der Waals surface area contributed by atoms with Crippen molar-refractivity contribution >= 4 is 11.6 Å². The average Bonchev–Trinajstić information content (AvgIpc) is 2.86. The smallest absolute Gasteiger partial charge is 0.193 e. The second kappa shape index (κ2) is 6.59. The molecule has 4 nitrogen and oxygen atoms in total. The molecule has 0 aliphatic heterocycles. The molecule has 1 atom stereocenters. The van der Waals surface area contributed by atoms with Crippen molar-refractivity contribution in [3.8, 4) is 5.75 Å². The molecule has 0 aliphatic rings. The van der Waals surface area contributed by atoms with Gasteiger partial charge in [-0.05, 0) is 48.3 Å². The first-order valence-electron chi connectivity index (χ1n) is 6.22. The second-order valence-corrected chi connectivity index (χ2v) is 4.56. The Morgan fingerprint density at radius 1 is 1.42 bits per heavy atom. The minimum Gasteiger partial charge on any atom is -0.495 e. The SMILES string of the molecule is CCCNC(c1cncc(OC)c1)c1ccc(Cl)o1. The molecule has 0 bridgehead atoms. The van der Waals surface area contributed by atoms with Crippen molar-refractivity contribution in [2.45, 2.75) is 19.4 Å². The van der Waals surface area contributed by atoms with Crippen LogP contribution in [0.25, 0.3) is 0 Å². The normalized spacial score (nSPS) is 12.4. The summed E-state index contributed by atoms with van der Waals surface area (Å²) in [7, 11) is 1.62. The lowest BCUT2D eigenvalue weighted by molar-refractivity contribution is 0.409. The first kappa shape index (κ1) is 13.9. The summed E-state index contributed by atoms with van der Waals surface area (Å²) < 4.78 is 10.7. The van der Waals surface area contributed by atoms with Gasteiger partial charge in [0.2, 0.25) is 0 Å². The number of nitrogens with zero attached hydrogens (tertiary/aromatic N) is 1. The van der Waals surface area contributed by atoms with E-state index >= 15 is 0 Å². The Bertz CT molecular complexity index is 528. The molecule has 2 aromatic heterocycles. The van der Waals surface area contributed by atoms with Crippen molar-refractivity contribution in [2.24, 2.45) is 0 Å². The van der Waals surface area contributed by atoms with E-state index in [0.29, 0.717) is 5.22 Å². The van der Waals surface area contributed by atoms with Crippen molar-refractivity contribution in [1.29, 1.82) is 0 Å². The molecule has 0 aromatic carbocycles. The van der Waals surface area contributed by atoms with Crippen molar-refractivity contribution < 1.29 is 9.15 Å². The molecule has 5 heteroatoms. The molecule has 0 saturated carbocycles. The highest BCUT2D eigenvalue weighted by Crippen LogP contribution is 2.27. The van der Waals surface area contributed by atoms with Crippen LogP contribution in [0.15, 0.2) is 35.0 Å². The number of ether oxygens (including phenoxy) is 1. The third-order valence-electron chi connectivity index (χ3n) is 2.78. The van der Waals surface area contributed by atoms with Crippen LogP contribution < -0.4 is 10.1 Å². The minimum atomic E-state index is -0.0740. The van der Waals surface area contributed by atoms with E-state index in [0.717, 1.165) is 30.0 Å². The van der Waals surface area contributed by atoms with E-state index in [1.807, 2.05) is 12.1 Å². The fourth-order valence-corrected chi connectivity index (χ4v) is 2.01. The van der Waals surface area contributed by atoms with Gasteiger partial charge in [-0.1, -0.05) is 6.92 Å². The van der Waals surface area contributed by atoms with Gasteiger partial charge in [-0.25, -0.2) is 0 Å². The van der Waals surface area contributed by atoms with Gasteiger partial charge in [0, 0.05) is 6.20 Å². The summed E-state index contributed by atoms with van der Waals surface area (Å²) in [6, 6.07) is 5.48. The summed E-state index contributed by atoms with van der Waals surface area (Å²) in [5, 5.41) is 3.80. The summed E-state index contributed by atoms with van der Waals surface area (Å²) in [4.78, 5) is 4.18. The zero-order valence-corrected chi connectivity index (χ0v) is 11.8. The van der Waals surface area contributed by atoms with Gasteiger partial charge in [-0.2, -0.15) is 0 Å². The molecule has 2 aromatic rings. The van der Waals surface area contributed by atoms with Gasteiger partial charge < -0.3 is 14.5 Å². The fraction of sp³-hybridized carbons (Fsp3) is 0.357. The maximum atomic E-state index is 5.85. The molecule has 0 aliphatic carbocycles. The number of methoxy groups -OCH3 is 1. The quantitative estimate of drug-likeness (QED) is 0.881. The molecule has 1 N–H and O–H groups in total. The molecule has 2 heterocycles. The van der Waals surface area contributed by atoms with E-state index in [1.165, 1.54) is 0 Å². The molecule has 0 saturated heterocycles. The Morgan fingerprint density at radius 3 is 2.89 bits per heavy atom. The first-order chi connectivity index (χ1) is 9.24. The van der Waals surface area contributed by atoms with E-state index in [9.17, 15) is 0 Å². The Labute approximate surface area is 117 Å². The maximum absolute atomic E-state index is 5.85. The maximum Gasteiger partial charge on any atom is 0.193 e. The van der Waals surface area contributed by atoms with Gasteiger partial charge in [0.1, 0.15) is 11.5 Å². The summed E-state index contributed by atoms with van der Waals surface area (Å²) in [6.45, 7) is 2.99. The van der Waals surface area contributed by atoms with Crippen LogP contribution in [-0.2, 0) is 0 Å². The molecule has 0 amide bonds. The van der Waals surface area contributed by atoms with Crippen molar-refractivity contribution in [1.82, 2.24) is 10.3 Å². The number of rotatable bonds is 6. The van der Waals surface area contributed by atoms with E-state index in [2.05, 4.69) is 17.2 Å². The summed E-state index contributed by atoms with van der Waals surface area (Å²) in [5.41, 5.74) is 0.985. The molecule has 0 fully saturated rings. The summed E-state index contributed by atoms with van der Waals surface area (Å²) in [5.74, 6) is 1.49. The standard InChI is InChI=1S/C14H17ClN2O2/c1-3-6-17-14(12-4-5-13(15)19-12)10-7-11(18-2)9-16-8-10/h4-5,7-9,14,17H,3,6H2,1-2H3. The number of halogens is 1. The van der Waals surface area contributed by atoms with Gasteiger partial charge >= 0.3 is 0 Å². The predicted octanol–water partition coefficient (Wildman–Crippen LogP) is 3.43. The van der Waals surface area contributed by atoms with Gasteiger partial charge in [-0.15, -0.1) is 0 Å². The Kier molecular flexibility index (Phi) is 4.82. The monoisotopic (exact) mass is 280 g/mol. The van der Waals surface area contributed by atoms with E-state index in [1.54, 1.807) is 25.6 Å². The van der Waals surface area contributed by atoms with E-state index < -0.39 is 0 Å². The topological polar surface area (TPSA) is 47.3 Å². The molecule has 0 spiro atoms. The summed E-state index contributed by atoms with van der Waals surface area (Å²) >= 11 is 5.85. The Balaban J connectivity index is 2.30. The van der Waals surface area contributed by atoms with Crippen LogP contribution in [-0.4, -0.2) is 18.6 Å². The summed E-state index contributed by atoms with van der Waals surface area (Å²) in [6.07, 6.45) is 4.50. The van der Waals surface area contributed by atoms with Crippen LogP contribution in [0.1, 0.15) is 30.7 Å². The number of pyridine rings is 1. The van der Waals surface area contributed by atoms with Gasteiger partial charge in [0.25, 0.3) is 0 Å². The predicted molar refractivity (Wildman–Crippen MR) is 74.6 cm³/mol. The van der Waals surface area contributed by atoms with Gasteiger partial charge in [-0.3, -0.25) is 4.98 Å². The molecule has 102 valence electrons. The second-order valence-electron chi connectivity index (χ2n) is 4.19. The highest BCUT2D eigenvalue weighted by Gasteiger charge is 2.18. The lowest BCUT2D eigenvalue weighted by atomic mass is 10.1. The van der Waals surface area contributed by atoms with Crippen LogP contribution in [0.4, 0.5) is 0 Å². The number of hydrogen-bond donors (Lipinski definition) is 1. The molecular weight excluding hydrogens is 264 g/mol. The van der Waals surface area contributed by atoms with Crippen molar-refractivity contribution in [3.63, 3.8) is 0 Å². The number of furan rings is 1. The van der Waals surface area contributed by atoms with Crippen LogP contribution in [0.3, 0.4) is 0 Å². The van der Waals surface area contributed by atoms with Crippen molar-refractivity contribution in [3.05, 3.63) is 47.1 Å². The van der Waals surface area contributed by atoms with Crippen LogP contribution in [0.5, 0.6) is 5.75 Å². The van der Waals surface area contributed by atoms with E-state index in [-0.39, 0.29) is 6.04 Å². The number of aromatic nitrogens is 1. The zero-order chi connectivity index (χ0) is 13.7. The van der Waals surface area contributed by atoms with Gasteiger partial charge in [0.05, 0.1) is 19.3 Å². The first-order valence-corrected chi connectivity index (χ1v) is 6.60. The molecule has 1 unspecified atom stereocenters. The van der Waals surface area contributed by atoms with Crippen LogP contribution in [0.2, 0.25) is 5.22 Å². The van der Waals surface area contributed by atoms with E-state index in [4.69, 9.17) is 20.8 Å². The zero-order valence-electron chi connectivity index (χ0n) is 11.0. The highest BCUT2D eigenvalue weighted by molar-refractivity contribution is 6.28. The molecule has 19 heavy (non-hydrogen) atoms. The molecule has 2 rings (SSSR count). The highest BCUT2D eigenvalue weighted by atomic mass is 35.5. The Morgan fingerprint density at radius 2 is 2.26 bits per heavy atom. The van der Waals surface area contributed by atoms with Gasteiger partial charge in [0.15, 0.2) is 5.22 Å². The average molecular weight is 281 g/mol. The van der Waals surface area contributed by atoms with Crippen LogP contribution in [0, 0.1) is 0 Å². The Hall–Kier alpha value is -1.52. The fourth-order valence-electron chi connectivity index (χ4n) is 1.86. The molecule has 0 radical (unpaired) electrons. The lowest BCUT2D eigenvalue weighted by Crippen LogP contribution is -2.22.